The van der Waals surface area contributed by atoms with Crippen LogP contribution in [0.2, 0.25) is 0 Å². The van der Waals surface area contributed by atoms with Gasteiger partial charge in [-0.05, 0) is 12.8 Å². The van der Waals surface area contributed by atoms with Crippen LogP contribution in [0.5, 0.6) is 0 Å². The molecule has 0 rings (SSSR count). The van der Waals surface area contributed by atoms with Gasteiger partial charge in [0.1, 0.15) is 19.5 Å². The van der Waals surface area contributed by atoms with Crippen molar-refractivity contribution >= 4 is 26.0 Å². The Balaban J connectivity index is 4.12. The normalized spacial score (nSPS) is 13.6. The molecule has 0 bridgehead atoms. The Morgan fingerprint density at radius 3 is 1.89 bits per heavy atom. The smallest absolute Gasteiger partial charge is 0.306 e. The highest BCUT2D eigenvalue weighted by atomic mass is 31.2. The minimum atomic E-state index is -4.59. The molecule has 2 atom stereocenters. The van der Waals surface area contributed by atoms with Crippen LogP contribution in [0.15, 0.2) is 0 Å². The van der Waals surface area contributed by atoms with Crippen LogP contribution in [0.3, 0.4) is 0 Å². The number of hydrogen-bond donors (Lipinski definition) is 1. The number of rotatable bonds is 27. The second-order valence-electron chi connectivity index (χ2n) is 9.28. The largest absolute Gasteiger partial charge is 0.756 e. The number of unbranched alkanes of at least 4 members (excludes halogenated alkanes) is 13. The van der Waals surface area contributed by atoms with Gasteiger partial charge >= 0.3 is 11.9 Å². The van der Waals surface area contributed by atoms with E-state index in [1.54, 1.807) is 0 Å². The molecule has 0 spiro atoms. The molecule has 0 saturated carbocycles. The first-order valence-electron chi connectivity index (χ1n) is 14.0. The highest BCUT2D eigenvalue weighted by Gasteiger charge is 2.21. The third-order valence-corrected chi connectivity index (χ3v) is 6.69. The Labute approximate surface area is 222 Å². The van der Waals surface area contributed by atoms with Crippen molar-refractivity contribution in [1.82, 2.24) is 0 Å². The second-order valence-corrected chi connectivity index (χ2v) is 10.7. The van der Waals surface area contributed by atoms with Gasteiger partial charge in [0.2, 0.25) is 0 Å². The average Bonchev–Trinajstić information content (AvgIpc) is 2.87. The van der Waals surface area contributed by atoms with E-state index in [2.05, 4.69) is 17.2 Å². The van der Waals surface area contributed by atoms with Crippen molar-refractivity contribution in [1.29, 1.82) is 0 Å². The van der Waals surface area contributed by atoms with Crippen LogP contribution >= 0.6 is 7.82 Å². The van der Waals surface area contributed by atoms with Crippen molar-refractivity contribution in [2.24, 2.45) is 0 Å². The summed E-state index contributed by atoms with van der Waals surface area (Å²) in [5.74, 6) is -1.08. The number of phosphoric ester groups is 1. The zero-order valence-corrected chi connectivity index (χ0v) is 23.7. The Bertz CT molecular complexity index is 633. The monoisotopic (exact) mass is 551 g/mol. The topological polar surface area (TPSA) is 156 Å². The SMILES string of the molecule is CCCCCCCCCCCCCCCC(=O)OC[C@H](COP(=O)([O-])OCC[NH3+])OC(=O)CCCC=O. The van der Waals surface area contributed by atoms with Crippen LogP contribution in [0.4, 0.5) is 0 Å². The Kier molecular flexibility index (Phi) is 24.1. The number of hydrogen-bond acceptors (Lipinski definition) is 9. The third-order valence-electron chi connectivity index (χ3n) is 5.73. The van der Waals surface area contributed by atoms with Gasteiger partial charge < -0.3 is 33.9 Å². The van der Waals surface area contributed by atoms with Crippen LogP contribution < -0.4 is 10.6 Å². The summed E-state index contributed by atoms with van der Waals surface area (Å²) in [6.07, 6.45) is 16.0. The van der Waals surface area contributed by atoms with E-state index in [-0.39, 0.29) is 39.0 Å². The van der Waals surface area contributed by atoms with E-state index in [4.69, 9.17) is 14.0 Å². The van der Waals surface area contributed by atoms with E-state index in [0.717, 1.165) is 19.3 Å². The van der Waals surface area contributed by atoms with Crippen molar-refractivity contribution in [3.63, 3.8) is 0 Å². The fourth-order valence-corrected chi connectivity index (χ4v) is 4.40. The highest BCUT2D eigenvalue weighted by Crippen LogP contribution is 2.38. The van der Waals surface area contributed by atoms with Crippen LogP contribution in [0.25, 0.3) is 0 Å². The summed E-state index contributed by atoms with van der Waals surface area (Å²) in [5.41, 5.74) is 3.48. The minimum absolute atomic E-state index is 0.0187. The second kappa shape index (κ2) is 25.0. The van der Waals surface area contributed by atoms with Gasteiger partial charge in [0.15, 0.2) is 6.10 Å². The highest BCUT2D eigenvalue weighted by molar-refractivity contribution is 7.45. The van der Waals surface area contributed by atoms with Crippen LogP contribution in [0, 0.1) is 0 Å². The molecule has 1 unspecified atom stereocenters. The molecule has 0 aliphatic rings. The van der Waals surface area contributed by atoms with Gasteiger partial charge in [-0.2, -0.15) is 0 Å². The number of carbonyl (C=O) groups excluding carboxylic acids is 3. The van der Waals surface area contributed by atoms with E-state index in [9.17, 15) is 23.8 Å². The molecule has 0 aliphatic carbocycles. The lowest BCUT2D eigenvalue weighted by atomic mass is 10.0. The van der Waals surface area contributed by atoms with E-state index < -0.39 is 32.5 Å². The summed E-state index contributed by atoms with van der Waals surface area (Å²) >= 11 is 0. The first-order valence-corrected chi connectivity index (χ1v) is 15.5. The number of ether oxygens (including phenoxy) is 2. The molecule has 0 saturated heterocycles. The van der Waals surface area contributed by atoms with Gasteiger partial charge in [-0.1, -0.05) is 84.0 Å². The molecule has 0 aromatic rings. The summed E-state index contributed by atoms with van der Waals surface area (Å²) < 4.78 is 31.5. The van der Waals surface area contributed by atoms with Crippen LogP contribution in [-0.2, 0) is 37.5 Å². The lowest BCUT2D eigenvalue weighted by molar-refractivity contribution is -0.373. The maximum absolute atomic E-state index is 12.1. The van der Waals surface area contributed by atoms with Gasteiger partial charge in [0, 0.05) is 19.3 Å². The van der Waals surface area contributed by atoms with Crippen molar-refractivity contribution < 1.29 is 48.1 Å². The summed E-state index contributed by atoms with van der Waals surface area (Å²) in [4.78, 5) is 46.2. The molecular weight excluding hydrogens is 501 g/mol. The maximum atomic E-state index is 12.1. The number of carbonyl (C=O) groups is 3. The van der Waals surface area contributed by atoms with Gasteiger partial charge in [-0.15, -0.1) is 0 Å². The fraction of sp³-hybridized carbons (Fsp3) is 0.885. The molecule has 10 nitrogen and oxygen atoms in total. The maximum Gasteiger partial charge on any atom is 0.306 e. The Morgan fingerprint density at radius 2 is 1.35 bits per heavy atom. The molecule has 0 fully saturated rings. The molecule has 3 N–H and O–H groups in total. The molecule has 0 heterocycles. The summed E-state index contributed by atoms with van der Waals surface area (Å²) in [5, 5.41) is 0. The van der Waals surface area contributed by atoms with Gasteiger partial charge in [-0.3, -0.25) is 14.2 Å². The van der Waals surface area contributed by atoms with Crippen molar-refractivity contribution in [2.75, 3.05) is 26.4 Å². The van der Waals surface area contributed by atoms with Crippen molar-refractivity contribution in [3.8, 4) is 0 Å². The fourth-order valence-electron chi connectivity index (χ4n) is 3.62. The van der Waals surface area contributed by atoms with E-state index in [1.165, 1.54) is 57.8 Å². The van der Waals surface area contributed by atoms with E-state index in [0.29, 0.717) is 19.1 Å². The first kappa shape index (κ1) is 35.7. The molecule has 0 radical (unpaired) electrons. The summed E-state index contributed by atoms with van der Waals surface area (Å²) in [6.45, 7) is 1.47. The van der Waals surface area contributed by atoms with Gasteiger partial charge in [0.05, 0.1) is 13.2 Å². The third kappa shape index (κ3) is 24.8. The Hall–Kier alpha value is -1.32. The van der Waals surface area contributed by atoms with Crippen LogP contribution in [0.1, 0.15) is 116 Å². The quantitative estimate of drug-likeness (QED) is 0.0689. The average molecular weight is 552 g/mol. The van der Waals surface area contributed by atoms with Gasteiger partial charge in [0.25, 0.3) is 7.82 Å². The number of quaternary nitrogens is 1. The molecule has 0 amide bonds. The van der Waals surface area contributed by atoms with Crippen molar-refractivity contribution in [3.05, 3.63) is 0 Å². The van der Waals surface area contributed by atoms with E-state index >= 15 is 0 Å². The lowest BCUT2D eigenvalue weighted by Crippen LogP contribution is -2.52. The molecule has 37 heavy (non-hydrogen) atoms. The molecule has 0 aromatic carbocycles. The van der Waals surface area contributed by atoms with Crippen LogP contribution in [-0.4, -0.2) is 50.7 Å². The molecule has 0 aliphatic heterocycles. The summed E-state index contributed by atoms with van der Waals surface area (Å²) in [6, 6.07) is 0. The number of aldehydes is 1. The van der Waals surface area contributed by atoms with E-state index in [1.807, 2.05) is 0 Å². The molecule has 11 heteroatoms. The predicted molar refractivity (Wildman–Crippen MR) is 138 cm³/mol. The minimum Gasteiger partial charge on any atom is -0.756 e. The lowest BCUT2D eigenvalue weighted by Gasteiger charge is -2.25. The summed E-state index contributed by atoms with van der Waals surface area (Å²) in [7, 11) is -4.59. The van der Waals surface area contributed by atoms with Crippen molar-refractivity contribution in [2.45, 2.75) is 122 Å². The number of esters is 2. The van der Waals surface area contributed by atoms with Gasteiger partial charge in [-0.25, -0.2) is 0 Å². The molecule has 0 aromatic heterocycles. The first-order chi connectivity index (χ1) is 17.8. The standard InChI is InChI=1S/C26H50NO9P/c1-2-3-4-5-6-7-8-9-10-11-12-13-14-17-25(29)33-22-24(36-26(30)18-15-16-20-28)23-35-37(31,32)34-21-19-27/h20,24H,2-19,21-23,27H2,1H3,(H,31,32)/t24-/m1/s1. The predicted octanol–water partition coefficient (Wildman–Crippen LogP) is 4.04. The zero-order chi connectivity index (χ0) is 27.6. The Morgan fingerprint density at radius 1 is 0.811 bits per heavy atom. The zero-order valence-electron chi connectivity index (χ0n) is 22.8. The molecular formula is C26H50NO9P. The number of phosphoric acid groups is 1. The molecule has 218 valence electrons.